The third-order valence-electron chi connectivity index (χ3n) is 5.82. The van der Waals surface area contributed by atoms with Gasteiger partial charge < -0.3 is 15.6 Å². The number of carbonyl (C=O) groups excluding carboxylic acids is 1. The van der Waals surface area contributed by atoms with E-state index in [1.165, 1.54) is 17.1 Å². The Balaban J connectivity index is 1.75. The smallest absolute Gasteiger partial charge is 0.267 e. The van der Waals surface area contributed by atoms with E-state index in [4.69, 9.17) is 10.5 Å². The van der Waals surface area contributed by atoms with E-state index >= 15 is 0 Å². The van der Waals surface area contributed by atoms with Crippen LogP contribution in [0, 0.1) is 0 Å². The van der Waals surface area contributed by atoms with Crippen molar-refractivity contribution in [1.82, 2.24) is 19.7 Å². The lowest BCUT2D eigenvalue weighted by Gasteiger charge is -2.18. The summed E-state index contributed by atoms with van der Waals surface area (Å²) in [5.74, 6) is -0.511. The van der Waals surface area contributed by atoms with Crippen LogP contribution in [-0.2, 0) is 27.3 Å². The molecule has 2 heterocycles. The Bertz CT molecular complexity index is 1360. The molecule has 0 unspecified atom stereocenters. The highest BCUT2D eigenvalue weighted by molar-refractivity contribution is 7.92. The number of aromatic nitrogens is 4. The SMILES string of the molecule is Cn1cc(S(=O)(=O)Nc2nc(OCCC(C)(C)O)cc(-c3ccccc3C3(C(N)=O)CC3)n2)cn1. The van der Waals surface area contributed by atoms with Gasteiger partial charge in [-0.3, -0.25) is 9.48 Å². The Morgan fingerprint density at radius 2 is 2.00 bits per heavy atom. The lowest BCUT2D eigenvalue weighted by Crippen LogP contribution is -2.29. The Kier molecular flexibility index (Phi) is 6.28. The van der Waals surface area contributed by atoms with Gasteiger partial charge in [-0.2, -0.15) is 10.1 Å². The van der Waals surface area contributed by atoms with Crippen LogP contribution in [0.4, 0.5) is 5.95 Å². The minimum atomic E-state index is -4.02. The molecule has 0 atom stereocenters. The van der Waals surface area contributed by atoms with Gasteiger partial charge in [-0.15, -0.1) is 0 Å². The summed E-state index contributed by atoms with van der Waals surface area (Å²) in [6, 6.07) is 8.80. The number of ether oxygens (including phenoxy) is 1. The molecule has 0 radical (unpaired) electrons. The van der Waals surface area contributed by atoms with E-state index in [2.05, 4.69) is 19.8 Å². The maximum absolute atomic E-state index is 12.9. The monoisotopic (exact) mass is 500 g/mol. The van der Waals surface area contributed by atoms with Crippen LogP contribution in [0.1, 0.15) is 38.7 Å². The minimum absolute atomic E-state index is 0.0513. The van der Waals surface area contributed by atoms with Gasteiger partial charge in [0.15, 0.2) is 0 Å². The van der Waals surface area contributed by atoms with E-state index < -0.39 is 26.9 Å². The molecule has 2 aromatic heterocycles. The molecule has 3 aromatic rings. The van der Waals surface area contributed by atoms with Crippen molar-refractivity contribution in [3.05, 3.63) is 48.3 Å². The first kappa shape index (κ1) is 24.6. The first-order valence-corrected chi connectivity index (χ1v) is 12.5. The molecule has 4 rings (SSSR count). The highest BCUT2D eigenvalue weighted by Crippen LogP contribution is 2.51. The summed E-state index contributed by atoms with van der Waals surface area (Å²) in [5, 5.41) is 13.9. The molecule has 4 N–H and O–H groups in total. The molecule has 11 nitrogen and oxygen atoms in total. The second-order valence-corrected chi connectivity index (χ2v) is 11.0. The van der Waals surface area contributed by atoms with Crippen LogP contribution in [0.2, 0.25) is 0 Å². The van der Waals surface area contributed by atoms with Crippen molar-refractivity contribution in [2.45, 2.75) is 49.0 Å². The summed E-state index contributed by atoms with van der Waals surface area (Å²) in [6.45, 7) is 3.45. The van der Waals surface area contributed by atoms with E-state index in [1.807, 2.05) is 12.1 Å². The Morgan fingerprint density at radius 1 is 1.29 bits per heavy atom. The van der Waals surface area contributed by atoms with E-state index in [1.54, 1.807) is 39.1 Å². The summed E-state index contributed by atoms with van der Waals surface area (Å²) in [6.07, 6.45) is 4.14. The molecule has 1 amide bonds. The maximum atomic E-state index is 12.9. The molecule has 186 valence electrons. The fraction of sp³-hybridized carbons (Fsp3) is 0.391. The van der Waals surface area contributed by atoms with Crippen LogP contribution in [0.3, 0.4) is 0 Å². The largest absolute Gasteiger partial charge is 0.477 e. The zero-order valence-corrected chi connectivity index (χ0v) is 20.5. The van der Waals surface area contributed by atoms with E-state index in [9.17, 15) is 18.3 Å². The third-order valence-corrected chi connectivity index (χ3v) is 7.11. The number of benzene rings is 1. The molecule has 0 aliphatic heterocycles. The molecule has 1 fully saturated rings. The summed E-state index contributed by atoms with van der Waals surface area (Å²) >= 11 is 0. The predicted molar refractivity (Wildman–Crippen MR) is 128 cm³/mol. The number of hydrogen-bond acceptors (Lipinski definition) is 8. The molecule has 1 aliphatic rings. The van der Waals surface area contributed by atoms with Crippen molar-refractivity contribution in [1.29, 1.82) is 0 Å². The van der Waals surface area contributed by atoms with E-state index in [0.717, 1.165) is 5.56 Å². The Hall–Kier alpha value is -3.51. The molecule has 0 bridgehead atoms. The fourth-order valence-electron chi connectivity index (χ4n) is 3.70. The predicted octanol–water partition coefficient (Wildman–Crippen LogP) is 1.73. The van der Waals surface area contributed by atoms with Gasteiger partial charge >= 0.3 is 0 Å². The van der Waals surface area contributed by atoms with Crippen molar-refractivity contribution in [3.8, 4) is 17.1 Å². The number of amides is 1. The van der Waals surface area contributed by atoms with Crippen LogP contribution in [0.5, 0.6) is 5.88 Å². The zero-order chi connectivity index (χ0) is 25.4. The van der Waals surface area contributed by atoms with Crippen molar-refractivity contribution < 1.29 is 23.1 Å². The van der Waals surface area contributed by atoms with Crippen molar-refractivity contribution >= 4 is 21.9 Å². The summed E-state index contributed by atoms with van der Waals surface area (Å²) in [5.41, 5.74) is 5.69. The molecular weight excluding hydrogens is 472 g/mol. The minimum Gasteiger partial charge on any atom is -0.477 e. The molecule has 1 saturated carbocycles. The number of anilines is 1. The highest BCUT2D eigenvalue weighted by Gasteiger charge is 2.51. The normalized spacial score (nSPS) is 15.0. The number of sulfonamides is 1. The molecular formula is C23H28N6O5S. The van der Waals surface area contributed by atoms with Gasteiger partial charge in [0.1, 0.15) is 4.90 Å². The number of primary amides is 1. The number of nitrogens with zero attached hydrogens (tertiary/aromatic N) is 4. The second-order valence-electron chi connectivity index (χ2n) is 9.27. The number of nitrogens with one attached hydrogen (secondary N) is 1. The van der Waals surface area contributed by atoms with E-state index in [-0.39, 0.29) is 23.3 Å². The second kappa shape index (κ2) is 8.93. The molecule has 1 aliphatic carbocycles. The average molecular weight is 501 g/mol. The number of aliphatic hydroxyl groups is 1. The number of carbonyl (C=O) groups is 1. The van der Waals surface area contributed by atoms with Crippen molar-refractivity contribution in [2.75, 3.05) is 11.3 Å². The lowest BCUT2D eigenvalue weighted by atomic mass is 9.89. The quantitative estimate of drug-likeness (QED) is 0.379. The van der Waals surface area contributed by atoms with Crippen LogP contribution < -0.4 is 15.2 Å². The first-order chi connectivity index (χ1) is 16.4. The van der Waals surface area contributed by atoms with Gasteiger partial charge in [0, 0.05) is 31.3 Å². The molecule has 0 saturated heterocycles. The Labute approximate surface area is 203 Å². The van der Waals surface area contributed by atoms with Crippen LogP contribution >= 0.6 is 0 Å². The number of rotatable bonds is 10. The summed E-state index contributed by atoms with van der Waals surface area (Å²) < 4.78 is 35.2. The van der Waals surface area contributed by atoms with E-state index in [0.29, 0.717) is 30.5 Å². The third kappa shape index (κ3) is 5.43. The lowest BCUT2D eigenvalue weighted by molar-refractivity contribution is -0.120. The standard InChI is InChI=1S/C23H28N6O5S/c1-22(2,31)10-11-34-19-12-18(16-6-4-5-7-17(16)23(8-9-23)20(24)30)26-21(27-19)28-35(32,33)15-13-25-29(3)14-15/h4-7,12-14,31H,8-11H2,1-3H3,(H2,24,30)(H,26,27,28). The van der Waals surface area contributed by atoms with Gasteiger partial charge in [0.2, 0.25) is 17.7 Å². The molecule has 0 spiro atoms. The number of hydrogen-bond donors (Lipinski definition) is 3. The van der Waals surface area contributed by atoms with Gasteiger partial charge in [-0.1, -0.05) is 24.3 Å². The highest BCUT2D eigenvalue weighted by atomic mass is 32.2. The van der Waals surface area contributed by atoms with Crippen LogP contribution in [0.15, 0.2) is 47.6 Å². The van der Waals surface area contributed by atoms with Gasteiger partial charge in [-0.05, 0) is 32.3 Å². The van der Waals surface area contributed by atoms with Crippen LogP contribution in [-0.4, -0.2) is 51.4 Å². The van der Waals surface area contributed by atoms with Crippen LogP contribution in [0.25, 0.3) is 11.3 Å². The Morgan fingerprint density at radius 3 is 2.60 bits per heavy atom. The zero-order valence-electron chi connectivity index (χ0n) is 19.7. The summed E-state index contributed by atoms with van der Waals surface area (Å²) in [4.78, 5) is 20.8. The van der Waals surface area contributed by atoms with Crippen molar-refractivity contribution in [3.63, 3.8) is 0 Å². The van der Waals surface area contributed by atoms with Gasteiger partial charge in [-0.25, -0.2) is 18.1 Å². The summed E-state index contributed by atoms with van der Waals surface area (Å²) in [7, 11) is -2.41. The first-order valence-electron chi connectivity index (χ1n) is 11.1. The molecule has 1 aromatic carbocycles. The fourth-order valence-corrected chi connectivity index (χ4v) is 4.63. The van der Waals surface area contributed by atoms with Gasteiger partial charge in [0.25, 0.3) is 10.0 Å². The number of nitrogens with two attached hydrogens (primary N) is 1. The molecule has 35 heavy (non-hydrogen) atoms. The van der Waals surface area contributed by atoms with Crippen molar-refractivity contribution in [2.24, 2.45) is 12.8 Å². The van der Waals surface area contributed by atoms with Gasteiger partial charge in [0.05, 0.1) is 29.5 Å². The average Bonchev–Trinajstić information content (AvgIpc) is 3.46. The topological polar surface area (TPSA) is 162 Å². The maximum Gasteiger partial charge on any atom is 0.267 e. The molecule has 12 heteroatoms. The number of aryl methyl sites for hydroxylation is 1.